The topological polar surface area (TPSA) is 105 Å². The van der Waals surface area contributed by atoms with Gasteiger partial charge in [0.15, 0.2) is 0 Å². The smallest absolute Gasteiger partial charge is 0.407 e. The minimum Gasteiger partial charge on any atom is -0.480 e. The average Bonchev–Trinajstić information content (AvgIpc) is 3.22. The number of nitrogens with one attached hydrogen (secondary N) is 2. The fourth-order valence-corrected chi connectivity index (χ4v) is 4.65. The first-order chi connectivity index (χ1) is 16.3. The SMILES string of the molecule is CCCC(NC(=O)[C@@H]1[C@H](CNC(=O)OCC2c3ccccc3-c3ccccc32)C1(F)F)C(=O)O. The molecule has 34 heavy (non-hydrogen) atoms. The number of hydrogen-bond donors (Lipinski definition) is 3. The van der Waals surface area contributed by atoms with Gasteiger partial charge in [-0.25, -0.2) is 18.4 Å². The van der Waals surface area contributed by atoms with E-state index in [4.69, 9.17) is 9.84 Å². The Morgan fingerprint density at radius 3 is 2.21 bits per heavy atom. The van der Waals surface area contributed by atoms with Crippen LogP contribution in [0.3, 0.4) is 0 Å². The van der Waals surface area contributed by atoms with Gasteiger partial charge in [-0.15, -0.1) is 0 Å². The maximum atomic E-state index is 14.2. The van der Waals surface area contributed by atoms with Crippen molar-refractivity contribution in [2.45, 2.75) is 37.6 Å². The lowest BCUT2D eigenvalue weighted by Crippen LogP contribution is -2.42. The highest BCUT2D eigenvalue weighted by molar-refractivity contribution is 5.88. The zero-order chi connectivity index (χ0) is 24.5. The van der Waals surface area contributed by atoms with E-state index in [0.717, 1.165) is 22.3 Å². The van der Waals surface area contributed by atoms with Crippen LogP contribution < -0.4 is 10.6 Å². The van der Waals surface area contributed by atoms with Crippen LogP contribution in [-0.4, -0.2) is 48.2 Å². The van der Waals surface area contributed by atoms with Gasteiger partial charge in [-0.05, 0) is 28.7 Å². The molecule has 2 aliphatic carbocycles. The number of halogens is 2. The Morgan fingerprint density at radius 2 is 1.65 bits per heavy atom. The van der Waals surface area contributed by atoms with Crippen LogP contribution in [0.5, 0.6) is 0 Å². The van der Waals surface area contributed by atoms with Gasteiger partial charge in [0.05, 0.1) is 5.92 Å². The molecule has 180 valence electrons. The number of aliphatic carboxylic acids is 1. The molecule has 1 unspecified atom stereocenters. The minimum absolute atomic E-state index is 0.0438. The quantitative estimate of drug-likeness (QED) is 0.515. The number of hydrogen-bond acceptors (Lipinski definition) is 4. The van der Waals surface area contributed by atoms with Crippen LogP contribution in [0.25, 0.3) is 11.1 Å². The largest absolute Gasteiger partial charge is 0.480 e. The number of carbonyl (C=O) groups is 3. The van der Waals surface area contributed by atoms with Crippen molar-refractivity contribution in [3.63, 3.8) is 0 Å². The van der Waals surface area contributed by atoms with Crippen molar-refractivity contribution in [3.05, 3.63) is 59.7 Å². The van der Waals surface area contributed by atoms with Crippen molar-refractivity contribution in [3.8, 4) is 11.1 Å². The van der Waals surface area contributed by atoms with Gasteiger partial charge in [-0.1, -0.05) is 61.9 Å². The molecule has 4 rings (SSSR count). The van der Waals surface area contributed by atoms with E-state index in [1.54, 1.807) is 6.92 Å². The minimum atomic E-state index is -3.32. The Balaban J connectivity index is 1.31. The van der Waals surface area contributed by atoms with E-state index in [2.05, 4.69) is 10.6 Å². The second-order valence-electron chi connectivity index (χ2n) is 8.65. The van der Waals surface area contributed by atoms with E-state index < -0.39 is 48.3 Å². The molecule has 9 heteroatoms. The summed E-state index contributed by atoms with van der Waals surface area (Å²) >= 11 is 0. The molecular formula is C25H26F2N2O5. The van der Waals surface area contributed by atoms with Crippen LogP contribution in [0.15, 0.2) is 48.5 Å². The lowest BCUT2D eigenvalue weighted by atomic mass is 9.98. The average molecular weight is 472 g/mol. The number of alkyl carbamates (subject to hydrolysis) is 1. The van der Waals surface area contributed by atoms with Crippen LogP contribution in [0.1, 0.15) is 36.8 Å². The highest BCUT2D eigenvalue weighted by Crippen LogP contribution is 2.55. The molecule has 1 saturated carbocycles. The van der Waals surface area contributed by atoms with Crippen molar-refractivity contribution < 1.29 is 33.0 Å². The number of benzene rings is 2. The van der Waals surface area contributed by atoms with Crippen LogP contribution in [-0.2, 0) is 14.3 Å². The van der Waals surface area contributed by atoms with Gasteiger partial charge in [0.2, 0.25) is 5.91 Å². The molecule has 7 nitrogen and oxygen atoms in total. The first-order valence-electron chi connectivity index (χ1n) is 11.3. The summed E-state index contributed by atoms with van der Waals surface area (Å²) in [5, 5.41) is 13.6. The lowest BCUT2D eigenvalue weighted by molar-refractivity contribution is -0.142. The fraction of sp³-hybridized carbons (Fsp3) is 0.400. The number of alkyl halides is 2. The van der Waals surface area contributed by atoms with E-state index in [1.165, 1.54) is 0 Å². The summed E-state index contributed by atoms with van der Waals surface area (Å²) in [5.41, 5.74) is 4.20. The summed E-state index contributed by atoms with van der Waals surface area (Å²) in [6, 6.07) is 14.4. The fourth-order valence-electron chi connectivity index (χ4n) is 4.65. The summed E-state index contributed by atoms with van der Waals surface area (Å²) in [4.78, 5) is 35.6. The van der Waals surface area contributed by atoms with Crippen molar-refractivity contribution in [2.75, 3.05) is 13.2 Å². The van der Waals surface area contributed by atoms with E-state index in [1.807, 2.05) is 48.5 Å². The normalized spacial score (nSPS) is 20.6. The number of carboxylic acids is 1. The third-order valence-electron chi connectivity index (χ3n) is 6.49. The third-order valence-corrected chi connectivity index (χ3v) is 6.49. The number of carboxylic acid groups (broad SMARTS) is 1. The molecule has 2 aromatic rings. The maximum Gasteiger partial charge on any atom is 0.407 e. The van der Waals surface area contributed by atoms with Gasteiger partial charge in [0, 0.05) is 12.5 Å². The molecule has 1 fully saturated rings. The molecule has 0 heterocycles. The Labute approximate surface area is 195 Å². The Bertz CT molecular complexity index is 1060. The zero-order valence-electron chi connectivity index (χ0n) is 18.6. The third kappa shape index (κ3) is 4.47. The van der Waals surface area contributed by atoms with Crippen molar-refractivity contribution in [1.82, 2.24) is 10.6 Å². The first kappa shape index (κ1) is 23.7. The predicted octanol–water partition coefficient (Wildman–Crippen LogP) is 3.78. The molecule has 3 N–H and O–H groups in total. The molecule has 3 atom stereocenters. The van der Waals surface area contributed by atoms with Gasteiger partial charge >= 0.3 is 12.1 Å². The Morgan fingerprint density at radius 1 is 1.06 bits per heavy atom. The monoisotopic (exact) mass is 472 g/mol. The molecule has 0 radical (unpaired) electrons. The zero-order valence-corrected chi connectivity index (χ0v) is 18.6. The van der Waals surface area contributed by atoms with Gasteiger partial charge in [0.1, 0.15) is 18.6 Å². The molecule has 2 aromatic carbocycles. The van der Waals surface area contributed by atoms with Crippen molar-refractivity contribution >= 4 is 18.0 Å². The van der Waals surface area contributed by atoms with E-state index >= 15 is 0 Å². The molecule has 0 aliphatic heterocycles. The molecule has 0 bridgehead atoms. The summed E-state index contributed by atoms with van der Waals surface area (Å²) in [6.07, 6.45) is -0.231. The molecule has 0 spiro atoms. The van der Waals surface area contributed by atoms with E-state index in [-0.39, 0.29) is 18.9 Å². The molecule has 0 saturated heterocycles. The summed E-state index contributed by atoms with van der Waals surface area (Å²) in [5.74, 6) is -8.87. The van der Waals surface area contributed by atoms with Crippen LogP contribution in [0.4, 0.5) is 13.6 Å². The highest BCUT2D eigenvalue weighted by atomic mass is 19.3. The Hall–Kier alpha value is -3.49. The van der Waals surface area contributed by atoms with Gasteiger partial charge in [-0.2, -0.15) is 0 Å². The maximum absolute atomic E-state index is 14.2. The molecule has 2 amide bonds. The Kier molecular flexibility index (Phi) is 6.54. The van der Waals surface area contributed by atoms with Crippen molar-refractivity contribution in [1.29, 1.82) is 0 Å². The standard InChI is InChI=1S/C25H26F2N2O5/c1-2-7-20(23(31)32)29-22(30)21-19(25(21,26)27)12-28-24(33)34-13-18-16-10-5-3-8-14(16)15-9-4-6-11-17(15)18/h3-6,8-11,18-21H,2,7,12-13H2,1H3,(H,28,33)(H,29,30)(H,31,32)/t19-,20?,21-/m0/s1. The summed E-state index contributed by atoms with van der Waals surface area (Å²) < 4.78 is 33.7. The number of rotatable bonds is 9. The highest BCUT2D eigenvalue weighted by Gasteiger charge is 2.71. The first-order valence-corrected chi connectivity index (χ1v) is 11.3. The van der Waals surface area contributed by atoms with Gasteiger partial charge in [-0.3, -0.25) is 4.79 Å². The lowest BCUT2D eigenvalue weighted by Gasteiger charge is -2.14. The molecular weight excluding hydrogens is 446 g/mol. The van der Waals surface area contributed by atoms with E-state index in [0.29, 0.717) is 6.42 Å². The summed E-state index contributed by atoms with van der Waals surface area (Å²) in [6.45, 7) is 1.32. The van der Waals surface area contributed by atoms with Crippen LogP contribution >= 0.6 is 0 Å². The molecule has 2 aliphatic rings. The number of amides is 2. The number of fused-ring (bicyclic) bond motifs is 3. The predicted molar refractivity (Wildman–Crippen MR) is 119 cm³/mol. The second kappa shape index (κ2) is 9.40. The second-order valence-corrected chi connectivity index (χ2v) is 8.65. The van der Waals surface area contributed by atoms with Gasteiger partial charge < -0.3 is 20.5 Å². The van der Waals surface area contributed by atoms with E-state index in [9.17, 15) is 23.2 Å². The number of carbonyl (C=O) groups excluding carboxylic acids is 2. The number of ether oxygens (including phenoxy) is 1. The van der Waals surface area contributed by atoms with Gasteiger partial charge in [0.25, 0.3) is 5.92 Å². The summed E-state index contributed by atoms with van der Waals surface area (Å²) in [7, 11) is 0. The van der Waals surface area contributed by atoms with Crippen molar-refractivity contribution in [2.24, 2.45) is 11.8 Å². The van der Waals surface area contributed by atoms with Crippen LogP contribution in [0.2, 0.25) is 0 Å². The molecule has 0 aromatic heterocycles. The van der Waals surface area contributed by atoms with Crippen LogP contribution in [0, 0.1) is 11.8 Å².